The average Bonchev–Trinajstić information content (AvgIpc) is 3.78. The van der Waals surface area contributed by atoms with Crippen LogP contribution in [0.2, 0.25) is 5.02 Å². The number of para-hydroxylation sites is 4. The maximum absolute atomic E-state index is 6.02. The molecule has 0 atom stereocenters. The first-order valence-electron chi connectivity index (χ1n) is 18.1. The van der Waals surface area contributed by atoms with Crippen LogP contribution in [0.4, 0.5) is 11.9 Å². The summed E-state index contributed by atoms with van der Waals surface area (Å²) in [5.74, 6) is 3.51. The number of benzene rings is 6. The molecule has 0 aliphatic carbocycles. The molecular weight excluding hydrogens is 720 g/mol. The van der Waals surface area contributed by atoms with Crippen molar-refractivity contribution in [3.05, 3.63) is 172 Å². The van der Waals surface area contributed by atoms with Gasteiger partial charge in [0.25, 0.3) is 0 Å². The Bertz CT molecular complexity index is 2610. The van der Waals surface area contributed by atoms with Crippen molar-refractivity contribution in [3.63, 3.8) is 0 Å². The van der Waals surface area contributed by atoms with Gasteiger partial charge in [0.05, 0.1) is 56.5 Å². The number of hydrogen-bond acceptors (Lipinski definition) is 7. The van der Waals surface area contributed by atoms with Gasteiger partial charge in [0.1, 0.15) is 5.75 Å². The molecule has 0 unspecified atom stereocenters. The Morgan fingerprint density at radius 1 is 0.554 bits per heavy atom. The van der Waals surface area contributed by atoms with Gasteiger partial charge in [-0.05, 0) is 108 Å². The molecule has 2 aromatic heterocycles. The molecule has 8 aromatic rings. The van der Waals surface area contributed by atoms with E-state index in [2.05, 4.69) is 56.4 Å². The van der Waals surface area contributed by atoms with Gasteiger partial charge >= 0.3 is 0 Å². The first kappa shape index (κ1) is 37.6. The summed E-state index contributed by atoms with van der Waals surface area (Å²) in [7, 11) is 4.89. The zero-order chi connectivity index (χ0) is 38.9. The summed E-state index contributed by atoms with van der Waals surface area (Å²) >= 11 is 6.02. The number of methoxy groups -OCH3 is 3. The third kappa shape index (κ3) is 8.97. The number of aliphatic imine (C=N–C) groups is 2. The van der Waals surface area contributed by atoms with Crippen molar-refractivity contribution < 1.29 is 14.2 Å². The summed E-state index contributed by atoms with van der Waals surface area (Å²) < 4.78 is 20.1. The van der Waals surface area contributed by atoms with E-state index in [1.807, 2.05) is 115 Å². The van der Waals surface area contributed by atoms with E-state index in [0.29, 0.717) is 29.9 Å². The van der Waals surface area contributed by atoms with Crippen LogP contribution in [0.1, 0.15) is 27.8 Å². The molecule has 0 saturated carbocycles. The molecule has 0 N–H and O–H groups in total. The normalized spacial score (nSPS) is 11.3. The zero-order valence-corrected chi connectivity index (χ0v) is 32.4. The molecule has 9 nitrogen and oxygen atoms in total. The molecule has 56 heavy (non-hydrogen) atoms. The van der Waals surface area contributed by atoms with Crippen molar-refractivity contribution in [3.8, 4) is 17.2 Å². The molecule has 6 aromatic carbocycles. The van der Waals surface area contributed by atoms with E-state index in [4.69, 9.17) is 35.8 Å². The number of imidazole rings is 2. The molecule has 10 heteroatoms. The van der Waals surface area contributed by atoms with Gasteiger partial charge in [0.2, 0.25) is 11.9 Å². The molecule has 0 saturated heterocycles. The van der Waals surface area contributed by atoms with E-state index in [1.165, 1.54) is 11.1 Å². The third-order valence-corrected chi connectivity index (χ3v) is 9.42. The van der Waals surface area contributed by atoms with Crippen LogP contribution in [-0.4, -0.2) is 52.9 Å². The highest BCUT2D eigenvalue weighted by Crippen LogP contribution is 2.28. The SMILES string of the molecule is COc1ccc(C=Nc2nc3ccccc3n2Cc2ccc(C)cc2)cc1.COc1ccc(C=Nc2nc3ccccc3n2Cc2ccc(Cl)cc2)cc1OC. The first-order chi connectivity index (χ1) is 27.4. The second-order valence-corrected chi connectivity index (χ2v) is 13.4. The van der Waals surface area contributed by atoms with Gasteiger partial charge in [-0.1, -0.05) is 77.8 Å². The van der Waals surface area contributed by atoms with Crippen LogP contribution in [0.3, 0.4) is 0 Å². The molecule has 0 bridgehead atoms. The summed E-state index contributed by atoms with van der Waals surface area (Å²) in [6.45, 7) is 3.48. The number of aromatic nitrogens is 4. The lowest BCUT2D eigenvalue weighted by molar-refractivity contribution is 0.355. The molecule has 0 amide bonds. The van der Waals surface area contributed by atoms with Crippen LogP contribution >= 0.6 is 11.6 Å². The van der Waals surface area contributed by atoms with Gasteiger partial charge in [-0.25, -0.2) is 20.0 Å². The van der Waals surface area contributed by atoms with Crippen molar-refractivity contribution in [1.82, 2.24) is 19.1 Å². The standard InChI is InChI=1S/C23H20ClN3O2.C23H21N3O/c1-28-21-12-9-17(13-22(21)29-2)14-25-23-26-19-5-3-4-6-20(19)27(23)15-16-7-10-18(24)11-8-16;1-17-7-9-19(10-8-17)16-26-22-6-4-3-5-21(22)25-23(26)24-15-18-11-13-20(27-2)14-12-18/h3-14H,15H2,1-2H3;3-15H,16H2,1-2H3. The number of rotatable bonds is 11. The Balaban J connectivity index is 0.000000172. The van der Waals surface area contributed by atoms with E-state index >= 15 is 0 Å². The topological polar surface area (TPSA) is 88.0 Å². The van der Waals surface area contributed by atoms with Crippen molar-refractivity contribution in [2.45, 2.75) is 20.0 Å². The van der Waals surface area contributed by atoms with Gasteiger partial charge in [-0.3, -0.25) is 0 Å². The van der Waals surface area contributed by atoms with Crippen LogP contribution in [0.5, 0.6) is 17.2 Å². The van der Waals surface area contributed by atoms with Gasteiger partial charge in [0, 0.05) is 17.5 Å². The highest BCUT2D eigenvalue weighted by atomic mass is 35.5. The van der Waals surface area contributed by atoms with E-state index in [1.54, 1.807) is 27.5 Å². The molecule has 0 radical (unpaired) electrons. The highest BCUT2D eigenvalue weighted by molar-refractivity contribution is 6.30. The molecule has 0 aliphatic heterocycles. The number of fused-ring (bicyclic) bond motifs is 2. The third-order valence-electron chi connectivity index (χ3n) is 9.17. The smallest absolute Gasteiger partial charge is 0.230 e. The van der Waals surface area contributed by atoms with Gasteiger partial charge in [-0.2, -0.15) is 0 Å². The Labute approximate surface area is 331 Å². The number of nitrogens with zero attached hydrogens (tertiary/aromatic N) is 6. The van der Waals surface area contributed by atoms with Crippen molar-refractivity contribution in [2.75, 3.05) is 21.3 Å². The van der Waals surface area contributed by atoms with Crippen LogP contribution in [0, 0.1) is 6.92 Å². The predicted molar refractivity (Wildman–Crippen MR) is 227 cm³/mol. The maximum atomic E-state index is 6.02. The highest BCUT2D eigenvalue weighted by Gasteiger charge is 2.12. The summed E-state index contributed by atoms with van der Waals surface area (Å²) in [5.41, 5.74) is 9.48. The van der Waals surface area contributed by atoms with E-state index in [0.717, 1.165) is 56.1 Å². The summed E-state index contributed by atoms with van der Waals surface area (Å²) in [5, 5.41) is 0.718. The number of ether oxygens (including phenoxy) is 3. The van der Waals surface area contributed by atoms with Crippen LogP contribution in [0.25, 0.3) is 22.1 Å². The van der Waals surface area contributed by atoms with E-state index < -0.39 is 0 Å². The zero-order valence-electron chi connectivity index (χ0n) is 31.6. The molecule has 280 valence electrons. The maximum Gasteiger partial charge on any atom is 0.230 e. The number of halogens is 1. The lowest BCUT2D eigenvalue weighted by atomic mass is 10.1. The Kier molecular flexibility index (Phi) is 11.8. The lowest BCUT2D eigenvalue weighted by Crippen LogP contribution is -1.99. The largest absolute Gasteiger partial charge is 0.497 e. The van der Waals surface area contributed by atoms with Crippen LogP contribution in [0.15, 0.2) is 150 Å². The van der Waals surface area contributed by atoms with Crippen LogP contribution < -0.4 is 14.2 Å². The van der Waals surface area contributed by atoms with Crippen molar-refractivity contribution in [1.29, 1.82) is 0 Å². The predicted octanol–water partition coefficient (Wildman–Crippen LogP) is 10.7. The van der Waals surface area contributed by atoms with Crippen LogP contribution in [-0.2, 0) is 13.1 Å². The fourth-order valence-electron chi connectivity index (χ4n) is 6.17. The van der Waals surface area contributed by atoms with Crippen molar-refractivity contribution >= 4 is 58.0 Å². The van der Waals surface area contributed by atoms with Gasteiger partial charge in [0.15, 0.2) is 11.5 Å². The monoisotopic (exact) mass is 760 g/mol. The first-order valence-corrected chi connectivity index (χ1v) is 18.4. The minimum atomic E-state index is 0.635. The average molecular weight is 761 g/mol. The number of hydrogen-bond donors (Lipinski definition) is 0. The minimum Gasteiger partial charge on any atom is -0.497 e. The summed E-state index contributed by atoms with van der Waals surface area (Å²) in [4.78, 5) is 18.7. The second kappa shape index (κ2) is 17.6. The summed E-state index contributed by atoms with van der Waals surface area (Å²) in [6.07, 6.45) is 3.62. The molecular formula is C46H41ClN6O3. The Morgan fingerprint density at radius 3 is 1.59 bits per heavy atom. The molecule has 8 rings (SSSR count). The quantitative estimate of drug-likeness (QED) is 0.123. The Morgan fingerprint density at radius 2 is 1.05 bits per heavy atom. The fraction of sp³-hybridized carbons (Fsp3) is 0.130. The van der Waals surface area contributed by atoms with Gasteiger partial charge in [-0.15, -0.1) is 0 Å². The van der Waals surface area contributed by atoms with E-state index in [-0.39, 0.29) is 0 Å². The molecule has 2 heterocycles. The minimum absolute atomic E-state index is 0.635. The molecule has 0 fully saturated rings. The fourth-order valence-corrected chi connectivity index (χ4v) is 6.30. The second-order valence-electron chi connectivity index (χ2n) is 13.0. The lowest BCUT2D eigenvalue weighted by Gasteiger charge is -2.08. The molecule has 0 aliphatic rings. The summed E-state index contributed by atoms with van der Waals surface area (Å²) in [6, 6.07) is 46.0. The Hall–Kier alpha value is -6.71. The van der Waals surface area contributed by atoms with Crippen molar-refractivity contribution in [2.24, 2.45) is 9.98 Å². The number of aryl methyl sites for hydroxylation is 1. The molecule has 0 spiro atoms. The van der Waals surface area contributed by atoms with Gasteiger partial charge < -0.3 is 23.3 Å². The van der Waals surface area contributed by atoms with E-state index in [9.17, 15) is 0 Å².